The summed E-state index contributed by atoms with van der Waals surface area (Å²) >= 11 is 1.84. The first kappa shape index (κ1) is 14.1. The highest BCUT2D eigenvalue weighted by Gasteiger charge is 2.39. The van der Waals surface area contributed by atoms with Gasteiger partial charge in [-0.3, -0.25) is 0 Å². The van der Waals surface area contributed by atoms with Gasteiger partial charge in [0.05, 0.1) is 5.54 Å². The molecule has 0 saturated heterocycles. The molecule has 1 aliphatic rings. The van der Waals surface area contributed by atoms with Crippen molar-refractivity contribution in [3.05, 3.63) is 21.9 Å². The van der Waals surface area contributed by atoms with Crippen LogP contribution in [0, 0.1) is 18.3 Å². The lowest BCUT2D eigenvalue weighted by Crippen LogP contribution is -2.42. The van der Waals surface area contributed by atoms with Crippen molar-refractivity contribution in [2.75, 3.05) is 0 Å². The number of nitrogens with two attached hydrogens (primary N) is 1. The Hall–Kier alpha value is -0.340. The number of hydrogen-bond acceptors (Lipinski definition) is 2. The number of hydrogen-bond donors (Lipinski definition) is 1. The van der Waals surface area contributed by atoms with Gasteiger partial charge in [-0.15, -0.1) is 11.3 Å². The zero-order chi connectivity index (χ0) is 13.4. The Labute approximate surface area is 116 Å². The van der Waals surface area contributed by atoms with Crippen molar-refractivity contribution in [1.29, 1.82) is 0 Å². The molecule has 1 aromatic rings. The molecule has 1 heterocycles. The molecule has 0 radical (unpaired) electrons. The van der Waals surface area contributed by atoms with Crippen molar-refractivity contribution in [2.45, 2.75) is 65.3 Å². The van der Waals surface area contributed by atoms with E-state index in [0.29, 0.717) is 5.41 Å². The summed E-state index contributed by atoms with van der Waals surface area (Å²) in [5, 5.41) is 2.18. The summed E-state index contributed by atoms with van der Waals surface area (Å²) < 4.78 is 0. The molecule has 1 fully saturated rings. The van der Waals surface area contributed by atoms with E-state index in [-0.39, 0.29) is 5.54 Å². The molecule has 1 saturated carbocycles. The number of aryl methyl sites for hydroxylation is 1. The maximum atomic E-state index is 6.68. The van der Waals surface area contributed by atoms with Gasteiger partial charge in [0.2, 0.25) is 0 Å². The largest absolute Gasteiger partial charge is 0.321 e. The fourth-order valence-electron chi connectivity index (χ4n) is 3.31. The van der Waals surface area contributed by atoms with E-state index in [9.17, 15) is 0 Å². The van der Waals surface area contributed by atoms with Crippen LogP contribution in [0.25, 0.3) is 0 Å². The first-order valence-electron chi connectivity index (χ1n) is 7.22. The van der Waals surface area contributed by atoms with E-state index in [1.807, 2.05) is 11.3 Å². The van der Waals surface area contributed by atoms with Crippen LogP contribution in [0.3, 0.4) is 0 Å². The van der Waals surface area contributed by atoms with Crippen LogP contribution < -0.4 is 5.73 Å². The second kappa shape index (κ2) is 4.97. The Kier molecular flexibility index (Phi) is 3.89. The standard InChI is InChI=1S/C16H27NS/c1-5-15(3,4)13-6-9-16(17,10-7-13)14-12(2)8-11-18-14/h8,11,13H,5-7,9-10,17H2,1-4H3. The monoisotopic (exact) mass is 265 g/mol. The van der Waals surface area contributed by atoms with Crippen LogP contribution in [0.1, 0.15) is 63.3 Å². The molecule has 0 spiro atoms. The van der Waals surface area contributed by atoms with E-state index in [4.69, 9.17) is 5.73 Å². The van der Waals surface area contributed by atoms with E-state index in [0.717, 1.165) is 18.8 Å². The molecule has 0 unspecified atom stereocenters. The molecular formula is C16H27NS. The lowest BCUT2D eigenvalue weighted by molar-refractivity contribution is 0.116. The molecule has 1 aromatic heterocycles. The van der Waals surface area contributed by atoms with Gasteiger partial charge in [0.15, 0.2) is 0 Å². The molecule has 0 amide bonds. The zero-order valence-electron chi connectivity index (χ0n) is 12.3. The normalized spacial score (nSPS) is 29.5. The summed E-state index contributed by atoms with van der Waals surface area (Å²) in [4.78, 5) is 1.43. The van der Waals surface area contributed by atoms with Crippen LogP contribution >= 0.6 is 11.3 Å². The molecular weight excluding hydrogens is 238 g/mol. The minimum atomic E-state index is -0.0431. The van der Waals surface area contributed by atoms with Crippen LogP contribution in [0.2, 0.25) is 0 Å². The van der Waals surface area contributed by atoms with Gasteiger partial charge in [0.25, 0.3) is 0 Å². The van der Waals surface area contributed by atoms with Gasteiger partial charge in [-0.1, -0.05) is 27.2 Å². The molecule has 1 aliphatic carbocycles. The summed E-state index contributed by atoms with van der Waals surface area (Å²) in [5.41, 5.74) is 8.50. The van der Waals surface area contributed by atoms with Gasteiger partial charge >= 0.3 is 0 Å². The van der Waals surface area contributed by atoms with E-state index in [1.54, 1.807) is 0 Å². The molecule has 0 atom stereocenters. The third kappa shape index (κ3) is 2.50. The van der Waals surface area contributed by atoms with Gasteiger partial charge in [0.1, 0.15) is 0 Å². The molecule has 102 valence electrons. The lowest BCUT2D eigenvalue weighted by Gasteiger charge is -2.43. The highest BCUT2D eigenvalue weighted by Crippen LogP contribution is 2.47. The highest BCUT2D eigenvalue weighted by molar-refractivity contribution is 7.10. The minimum Gasteiger partial charge on any atom is -0.321 e. The molecule has 1 nitrogen and oxygen atoms in total. The van der Waals surface area contributed by atoms with Crippen molar-refractivity contribution >= 4 is 11.3 Å². The fraction of sp³-hybridized carbons (Fsp3) is 0.750. The van der Waals surface area contributed by atoms with E-state index < -0.39 is 0 Å². The predicted molar refractivity (Wildman–Crippen MR) is 81.0 cm³/mol. The van der Waals surface area contributed by atoms with Crippen molar-refractivity contribution in [3.8, 4) is 0 Å². The summed E-state index contributed by atoms with van der Waals surface area (Å²) in [7, 11) is 0. The van der Waals surface area contributed by atoms with E-state index >= 15 is 0 Å². The molecule has 18 heavy (non-hydrogen) atoms. The number of rotatable bonds is 3. The second-order valence-corrected chi connectivity index (χ2v) is 7.62. The topological polar surface area (TPSA) is 26.0 Å². The maximum absolute atomic E-state index is 6.68. The van der Waals surface area contributed by atoms with Crippen LogP contribution in [0.15, 0.2) is 11.4 Å². The van der Waals surface area contributed by atoms with Gasteiger partial charge < -0.3 is 5.73 Å². The molecule has 2 rings (SSSR count). The van der Waals surface area contributed by atoms with Crippen molar-refractivity contribution < 1.29 is 0 Å². The molecule has 0 bridgehead atoms. The van der Waals surface area contributed by atoms with Crippen LogP contribution in [-0.2, 0) is 5.54 Å². The minimum absolute atomic E-state index is 0.0431. The van der Waals surface area contributed by atoms with Gasteiger partial charge in [0, 0.05) is 4.88 Å². The lowest BCUT2D eigenvalue weighted by atomic mass is 9.65. The molecule has 0 aromatic carbocycles. The molecule has 0 aliphatic heterocycles. The first-order chi connectivity index (χ1) is 8.39. The maximum Gasteiger partial charge on any atom is 0.0506 e. The SMILES string of the molecule is CCC(C)(C)C1CCC(N)(c2sccc2C)CC1. The number of thiophene rings is 1. The fourth-order valence-corrected chi connectivity index (χ4v) is 4.41. The quantitative estimate of drug-likeness (QED) is 0.831. The van der Waals surface area contributed by atoms with Crippen LogP contribution in [0.4, 0.5) is 0 Å². The summed E-state index contributed by atoms with van der Waals surface area (Å²) in [6.07, 6.45) is 6.15. The summed E-state index contributed by atoms with van der Waals surface area (Å²) in [5.74, 6) is 0.847. The van der Waals surface area contributed by atoms with Crippen LogP contribution in [0.5, 0.6) is 0 Å². The summed E-state index contributed by atoms with van der Waals surface area (Å²) in [6, 6.07) is 2.21. The zero-order valence-corrected chi connectivity index (χ0v) is 13.1. The Bertz CT molecular complexity index is 397. The Morgan fingerprint density at radius 3 is 2.44 bits per heavy atom. The molecule has 2 heteroatoms. The van der Waals surface area contributed by atoms with Crippen molar-refractivity contribution in [3.63, 3.8) is 0 Å². The average molecular weight is 265 g/mol. The third-order valence-corrected chi connectivity index (χ3v) is 6.44. The van der Waals surface area contributed by atoms with Gasteiger partial charge in [-0.05, 0) is 60.9 Å². The third-order valence-electron chi connectivity index (χ3n) is 5.21. The smallest absolute Gasteiger partial charge is 0.0506 e. The van der Waals surface area contributed by atoms with Crippen LogP contribution in [-0.4, -0.2) is 0 Å². The van der Waals surface area contributed by atoms with Crippen molar-refractivity contribution in [2.24, 2.45) is 17.1 Å². The van der Waals surface area contributed by atoms with Gasteiger partial charge in [-0.2, -0.15) is 0 Å². The average Bonchev–Trinajstić information content (AvgIpc) is 2.77. The Balaban J connectivity index is 2.09. The Morgan fingerprint density at radius 1 is 1.39 bits per heavy atom. The van der Waals surface area contributed by atoms with Gasteiger partial charge in [-0.25, -0.2) is 0 Å². The van der Waals surface area contributed by atoms with E-state index in [1.165, 1.54) is 29.7 Å². The molecule has 2 N–H and O–H groups in total. The second-order valence-electron chi connectivity index (χ2n) is 6.71. The Morgan fingerprint density at radius 2 is 2.00 bits per heavy atom. The summed E-state index contributed by atoms with van der Waals surface area (Å²) in [6.45, 7) is 9.34. The van der Waals surface area contributed by atoms with Crippen molar-refractivity contribution in [1.82, 2.24) is 0 Å². The predicted octanol–water partition coefficient (Wildman–Crippen LogP) is 4.84. The first-order valence-corrected chi connectivity index (χ1v) is 8.10. The highest BCUT2D eigenvalue weighted by atomic mass is 32.1. The van der Waals surface area contributed by atoms with E-state index in [2.05, 4.69) is 39.1 Å².